The summed E-state index contributed by atoms with van der Waals surface area (Å²) in [6.45, 7) is 0. The Morgan fingerprint density at radius 3 is 2.57 bits per heavy atom. The molecule has 14 heavy (non-hydrogen) atoms. The minimum absolute atomic E-state index is 0.510. The fourth-order valence-corrected chi connectivity index (χ4v) is 1.06. The molecule has 0 fully saturated rings. The van der Waals surface area contributed by atoms with Crippen LogP contribution in [0.25, 0.3) is 5.69 Å². The summed E-state index contributed by atoms with van der Waals surface area (Å²) in [5.41, 5.74) is 1.24. The van der Waals surface area contributed by atoms with E-state index >= 15 is 0 Å². The number of hydrogen-bond acceptors (Lipinski definition) is 4. The Morgan fingerprint density at radius 2 is 2.07 bits per heavy atom. The van der Waals surface area contributed by atoms with Crippen LogP contribution in [-0.4, -0.2) is 11.6 Å². The molecule has 0 amide bonds. The topological polar surface area (TPSA) is 70.0 Å². The van der Waals surface area contributed by atoms with Crippen molar-refractivity contribution in [2.24, 2.45) is 0 Å². The lowest BCUT2D eigenvalue weighted by Crippen LogP contribution is -2.31. The zero-order valence-corrected chi connectivity index (χ0v) is 7.08. The molecule has 0 aliphatic rings. The summed E-state index contributed by atoms with van der Waals surface area (Å²) in [7, 11) is 0. The molecule has 2 aromatic rings. The first-order valence-electron chi connectivity index (χ1n) is 3.91. The van der Waals surface area contributed by atoms with Crippen LogP contribution in [-0.2, 0) is 0 Å². The van der Waals surface area contributed by atoms with Crippen LogP contribution < -0.4 is 9.79 Å². The molecule has 2 rings (SSSR count). The lowest BCUT2D eigenvalue weighted by atomic mass is 10.2. The summed E-state index contributed by atoms with van der Waals surface area (Å²) in [6.07, 6.45) is 1.96. The van der Waals surface area contributed by atoms with Crippen LogP contribution >= 0.6 is 0 Å². The molecule has 0 aliphatic heterocycles. The summed E-state index contributed by atoms with van der Waals surface area (Å²) in [5, 5.41) is 14.2. The van der Waals surface area contributed by atoms with Gasteiger partial charge in [-0.3, -0.25) is 4.79 Å². The number of rotatable bonds is 2. The fraction of sp³-hybridized carbons (Fsp3) is 0. The van der Waals surface area contributed by atoms with Crippen LogP contribution in [0, 0.1) is 0 Å². The van der Waals surface area contributed by atoms with E-state index < -0.39 is 5.95 Å². The highest BCUT2D eigenvalue weighted by Gasteiger charge is 2.07. The predicted octanol–water partition coefficient (Wildman–Crippen LogP) is -0.163. The summed E-state index contributed by atoms with van der Waals surface area (Å²) in [6, 6.07) is 6.61. The van der Waals surface area contributed by atoms with Gasteiger partial charge in [0, 0.05) is 17.7 Å². The van der Waals surface area contributed by atoms with E-state index in [1.165, 1.54) is 10.9 Å². The molecular formula is C9H6N2O3. The lowest BCUT2D eigenvalue weighted by Gasteiger charge is -1.89. The highest BCUT2D eigenvalue weighted by atomic mass is 16.6. The van der Waals surface area contributed by atoms with Crippen molar-refractivity contribution in [3.8, 4) is 11.6 Å². The van der Waals surface area contributed by atoms with Crippen molar-refractivity contribution in [1.82, 2.24) is 5.27 Å². The Balaban J connectivity index is 2.38. The molecule has 1 heterocycles. The van der Waals surface area contributed by atoms with Crippen LogP contribution in [0.15, 0.2) is 35.0 Å². The van der Waals surface area contributed by atoms with Crippen molar-refractivity contribution < 1.29 is 19.1 Å². The molecule has 70 valence electrons. The van der Waals surface area contributed by atoms with Gasteiger partial charge in [-0.15, -0.1) is 0 Å². The molecule has 1 aromatic heterocycles. The van der Waals surface area contributed by atoms with Crippen molar-refractivity contribution >= 4 is 6.29 Å². The quantitative estimate of drug-likeness (QED) is 0.487. The maximum atomic E-state index is 10.7. The van der Waals surface area contributed by atoms with E-state index in [9.17, 15) is 9.90 Å². The smallest absolute Gasteiger partial charge is 0.239 e. The molecule has 0 aliphatic carbocycles. The standard InChI is InChI=1S/C9H6N2O3/c12-6-7-1-3-8(4-2-7)11-5-9(13)14-10-11/h1-6H. The van der Waals surface area contributed by atoms with Crippen LogP contribution in [0.3, 0.4) is 0 Å². The third-order valence-corrected chi connectivity index (χ3v) is 1.74. The second-order valence-corrected chi connectivity index (χ2v) is 2.68. The van der Waals surface area contributed by atoms with Crippen molar-refractivity contribution in [3.63, 3.8) is 0 Å². The van der Waals surface area contributed by atoms with Gasteiger partial charge in [-0.1, -0.05) is 0 Å². The number of nitrogens with zero attached hydrogens (tertiary/aromatic N) is 2. The molecular weight excluding hydrogens is 184 g/mol. The third kappa shape index (κ3) is 1.47. The minimum Gasteiger partial charge on any atom is -0.539 e. The molecule has 0 saturated carbocycles. The monoisotopic (exact) mass is 190 g/mol. The first-order chi connectivity index (χ1) is 6.79. The van der Waals surface area contributed by atoms with Gasteiger partial charge in [0.25, 0.3) is 0 Å². The Labute approximate surface area is 79.2 Å². The van der Waals surface area contributed by atoms with Gasteiger partial charge in [-0.25, -0.2) is 0 Å². The van der Waals surface area contributed by atoms with Gasteiger partial charge >= 0.3 is 0 Å². The van der Waals surface area contributed by atoms with Crippen LogP contribution in [0.4, 0.5) is 0 Å². The van der Waals surface area contributed by atoms with E-state index in [0.29, 0.717) is 11.3 Å². The van der Waals surface area contributed by atoms with E-state index in [-0.39, 0.29) is 0 Å². The summed E-state index contributed by atoms with van der Waals surface area (Å²) in [4.78, 5) is 10.4. The SMILES string of the molecule is O=Cc1ccc(-[n+]2cc([O-])on2)cc1. The second kappa shape index (κ2) is 3.29. The summed E-state index contributed by atoms with van der Waals surface area (Å²) < 4.78 is 5.67. The number of carbonyl (C=O) groups excluding carboxylic acids is 1. The average Bonchev–Trinajstić information content (AvgIpc) is 2.65. The molecule has 0 bridgehead atoms. The zero-order chi connectivity index (χ0) is 9.97. The zero-order valence-electron chi connectivity index (χ0n) is 7.08. The Hall–Kier alpha value is -2.17. The molecule has 5 nitrogen and oxygen atoms in total. The maximum absolute atomic E-state index is 10.7. The van der Waals surface area contributed by atoms with Crippen LogP contribution in [0.5, 0.6) is 5.95 Å². The van der Waals surface area contributed by atoms with Gasteiger partial charge in [0.05, 0.1) is 5.27 Å². The van der Waals surface area contributed by atoms with Gasteiger partial charge in [-0.05, 0) is 16.8 Å². The number of benzene rings is 1. The molecule has 0 atom stereocenters. The van der Waals surface area contributed by atoms with Gasteiger partial charge in [0.2, 0.25) is 11.9 Å². The largest absolute Gasteiger partial charge is 0.539 e. The fourth-order valence-electron chi connectivity index (χ4n) is 1.06. The Kier molecular flexibility index (Phi) is 1.98. The van der Waals surface area contributed by atoms with Crippen molar-refractivity contribution in [3.05, 3.63) is 36.0 Å². The van der Waals surface area contributed by atoms with Gasteiger partial charge < -0.3 is 9.63 Å². The molecule has 0 N–H and O–H groups in total. The molecule has 1 aromatic carbocycles. The van der Waals surface area contributed by atoms with Crippen molar-refractivity contribution in [1.29, 1.82) is 0 Å². The first kappa shape index (κ1) is 8.43. The van der Waals surface area contributed by atoms with Gasteiger partial charge in [-0.2, -0.15) is 0 Å². The van der Waals surface area contributed by atoms with Gasteiger partial charge in [0.15, 0.2) is 0 Å². The maximum Gasteiger partial charge on any atom is 0.239 e. The van der Waals surface area contributed by atoms with E-state index in [1.807, 2.05) is 0 Å². The van der Waals surface area contributed by atoms with E-state index in [2.05, 4.69) is 9.79 Å². The highest BCUT2D eigenvalue weighted by Crippen LogP contribution is 2.03. The second-order valence-electron chi connectivity index (χ2n) is 2.68. The van der Waals surface area contributed by atoms with Crippen molar-refractivity contribution in [2.75, 3.05) is 0 Å². The summed E-state index contributed by atoms with van der Waals surface area (Å²) in [5.74, 6) is -0.510. The van der Waals surface area contributed by atoms with Crippen LogP contribution in [0.2, 0.25) is 0 Å². The normalized spacial score (nSPS) is 10.0. The average molecular weight is 190 g/mol. The van der Waals surface area contributed by atoms with Crippen LogP contribution in [0.1, 0.15) is 10.4 Å². The highest BCUT2D eigenvalue weighted by molar-refractivity contribution is 5.74. The summed E-state index contributed by atoms with van der Waals surface area (Å²) >= 11 is 0. The van der Waals surface area contributed by atoms with E-state index in [1.54, 1.807) is 24.3 Å². The number of carbonyl (C=O) groups is 1. The molecule has 0 saturated heterocycles. The molecule has 0 radical (unpaired) electrons. The van der Waals surface area contributed by atoms with Gasteiger partial charge in [0.1, 0.15) is 12.2 Å². The Bertz CT molecular complexity index is 447. The lowest BCUT2D eigenvalue weighted by molar-refractivity contribution is -0.670. The minimum atomic E-state index is -0.510. The molecule has 0 unspecified atom stereocenters. The van der Waals surface area contributed by atoms with E-state index in [0.717, 1.165) is 6.29 Å². The number of hydrogen-bond donors (Lipinski definition) is 0. The first-order valence-corrected chi connectivity index (χ1v) is 3.91. The number of aromatic nitrogens is 2. The molecule has 0 spiro atoms. The third-order valence-electron chi connectivity index (χ3n) is 1.74. The predicted molar refractivity (Wildman–Crippen MR) is 42.9 cm³/mol. The number of aldehydes is 1. The Morgan fingerprint density at radius 1 is 1.36 bits per heavy atom. The molecule has 5 heteroatoms. The van der Waals surface area contributed by atoms with Crippen molar-refractivity contribution in [2.45, 2.75) is 0 Å². The van der Waals surface area contributed by atoms with E-state index in [4.69, 9.17) is 0 Å².